The molecule has 2 amide bonds. The van der Waals surface area contributed by atoms with Crippen LogP contribution in [-0.2, 0) is 26.2 Å². The van der Waals surface area contributed by atoms with Crippen molar-refractivity contribution >= 4 is 39.1 Å². The van der Waals surface area contributed by atoms with E-state index in [1.54, 1.807) is 25.1 Å². The van der Waals surface area contributed by atoms with E-state index in [2.05, 4.69) is 5.32 Å². The zero-order chi connectivity index (χ0) is 25.6. The summed E-state index contributed by atoms with van der Waals surface area (Å²) in [6, 6.07) is 11.7. The highest BCUT2D eigenvalue weighted by Gasteiger charge is 2.32. The molecule has 2 rings (SSSR count). The van der Waals surface area contributed by atoms with Gasteiger partial charge in [0.05, 0.1) is 11.9 Å². The number of carbonyl (C=O) groups is 2. The molecule has 0 saturated carbocycles. The van der Waals surface area contributed by atoms with Gasteiger partial charge in [0.1, 0.15) is 12.6 Å². The third-order valence-corrected chi connectivity index (χ3v) is 6.98. The third kappa shape index (κ3) is 7.21. The Morgan fingerprint density at radius 1 is 1.09 bits per heavy atom. The molecule has 186 valence electrons. The van der Waals surface area contributed by atoms with E-state index in [4.69, 9.17) is 11.6 Å². The molecule has 0 aromatic heterocycles. The molecule has 0 aliphatic rings. The molecule has 1 unspecified atom stereocenters. The van der Waals surface area contributed by atoms with E-state index in [1.807, 2.05) is 52.0 Å². The minimum Gasteiger partial charge on any atom is -0.352 e. The maximum absolute atomic E-state index is 13.7. The van der Waals surface area contributed by atoms with Crippen molar-refractivity contribution in [3.05, 3.63) is 64.2 Å². The van der Waals surface area contributed by atoms with Gasteiger partial charge in [0.25, 0.3) is 0 Å². The first-order valence-electron chi connectivity index (χ1n) is 11.2. The molecule has 0 heterocycles. The zero-order valence-electron chi connectivity index (χ0n) is 20.6. The van der Waals surface area contributed by atoms with E-state index in [9.17, 15) is 18.0 Å². The van der Waals surface area contributed by atoms with Crippen molar-refractivity contribution in [3.63, 3.8) is 0 Å². The van der Waals surface area contributed by atoms with Crippen LogP contribution in [0.3, 0.4) is 0 Å². The van der Waals surface area contributed by atoms with Crippen LogP contribution in [0, 0.1) is 13.8 Å². The van der Waals surface area contributed by atoms with Crippen molar-refractivity contribution in [1.82, 2.24) is 10.2 Å². The second kappa shape index (κ2) is 11.7. The van der Waals surface area contributed by atoms with Gasteiger partial charge in [-0.25, -0.2) is 8.42 Å². The lowest BCUT2D eigenvalue weighted by Gasteiger charge is -2.33. The number of hydrogen-bond acceptors (Lipinski definition) is 4. The summed E-state index contributed by atoms with van der Waals surface area (Å²) >= 11 is 6.22. The van der Waals surface area contributed by atoms with E-state index in [1.165, 1.54) is 4.90 Å². The predicted octanol–water partition coefficient (Wildman–Crippen LogP) is 4.05. The second-order valence-corrected chi connectivity index (χ2v) is 11.1. The largest absolute Gasteiger partial charge is 0.352 e. The van der Waals surface area contributed by atoms with Crippen LogP contribution in [0.4, 0.5) is 5.69 Å². The highest BCUT2D eigenvalue weighted by atomic mass is 35.5. The third-order valence-electron chi connectivity index (χ3n) is 5.44. The van der Waals surface area contributed by atoms with Gasteiger partial charge in [-0.05, 0) is 57.4 Å². The lowest BCUT2D eigenvalue weighted by molar-refractivity contribution is -0.140. The fourth-order valence-electron chi connectivity index (χ4n) is 3.77. The maximum Gasteiger partial charge on any atom is 0.244 e. The summed E-state index contributed by atoms with van der Waals surface area (Å²) in [4.78, 5) is 28.1. The fraction of sp³-hybridized carbons (Fsp3) is 0.440. The highest BCUT2D eigenvalue weighted by Crippen LogP contribution is 2.28. The van der Waals surface area contributed by atoms with Crippen molar-refractivity contribution < 1.29 is 18.0 Å². The van der Waals surface area contributed by atoms with Gasteiger partial charge < -0.3 is 10.2 Å². The minimum absolute atomic E-state index is 0.0981. The van der Waals surface area contributed by atoms with Crippen molar-refractivity contribution in [2.75, 3.05) is 17.1 Å². The number of sulfonamides is 1. The lowest BCUT2D eigenvalue weighted by atomic mass is 10.1. The first kappa shape index (κ1) is 27.7. The number of benzene rings is 2. The Balaban J connectivity index is 2.49. The summed E-state index contributed by atoms with van der Waals surface area (Å²) in [5, 5.41) is 3.28. The van der Waals surface area contributed by atoms with Gasteiger partial charge in [-0.2, -0.15) is 0 Å². The van der Waals surface area contributed by atoms with Crippen molar-refractivity contribution in [1.29, 1.82) is 0 Å². The van der Waals surface area contributed by atoms with Crippen LogP contribution in [0.25, 0.3) is 0 Å². The van der Waals surface area contributed by atoms with Gasteiger partial charge in [-0.15, -0.1) is 0 Å². The highest BCUT2D eigenvalue weighted by molar-refractivity contribution is 7.92. The zero-order valence-corrected chi connectivity index (χ0v) is 22.2. The number of aryl methyl sites for hydroxylation is 1. The Kier molecular flexibility index (Phi) is 9.53. The van der Waals surface area contributed by atoms with Gasteiger partial charge in [-0.3, -0.25) is 13.9 Å². The number of anilines is 1. The molecule has 0 fully saturated rings. The van der Waals surface area contributed by atoms with Gasteiger partial charge in [0.15, 0.2) is 0 Å². The molecule has 9 heteroatoms. The Bertz CT molecular complexity index is 1130. The van der Waals surface area contributed by atoms with Crippen LogP contribution in [0.2, 0.25) is 5.02 Å². The summed E-state index contributed by atoms with van der Waals surface area (Å²) in [6.45, 7) is 8.92. The summed E-state index contributed by atoms with van der Waals surface area (Å²) < 4.78 is 26.5. The molecule has 0 spiro atoms. The van der Waals surface area contributed by atoms with Gasteiger partial charge in [0.2, 0.25) is 21.8 Å². The quantitative estimate of drug-likeness (QED) is 0.525. The number of carbonyl (C=O) groups excluding carboxylic acids is 2. The van der Waals surface area contributed by atoms with E-state index >= 15 is 0 Å². The summed E-state index contributed by atoms with van der Waals surface area (Å²) in [6.07, 6.45) is 1.43. The maximum atomic E-state index is 13.7. The first-order chi connectivity index (χ1) is 15.8. The standard InChI is InChI=1S/C25H34ClN3O4S/c1-7-22(25(31)27-17(2)3)28(15-20-11-8-10-18(4)14-20)24(30)16-29(34(6,32)33)23-13-9-12-21(26)19(23)5/h8-14,17,22H,7,15-16H2,1-6H3,(H,27,31). The molecule has 1 N–H and O–H groups in total. The molecule has 0 aliphatic heterocycles. The monoisotopic (exact) mass is 507 g/mol. The molecule has 2 aromatic carbocycles. The Morgan fingerprint density at radius 3 is 2.29 bits per heavy atom. The van der Waals surface area contributed by atoms with Crippen LogP contribution in [0.15, 0.2) is 42.5 Å². The second-order valence-electron chi connectivity index (χ2n) is 8.75. The van der Waals surface area contributed by atoms with E-state index < -0.39 is 28.5 Å². The predicted molar refractivity (Wildman–Crippen MR) is 137 cm³/mol. The molecular formula is C25H34ClN3O4S. The number of nitrogens with one attached hydrogen (secondary N) is 1. The molecule has 0 radical (unpaired) electrons. The molecule has 0 bridgehead atoms. The fourth-order valence-corrected chi connectivity index (χ4v) is 4.84. The average Bonchev–Trinajstić information content (AvgIpc) is 2.72. The molecule has 2 aromatic rings. The lowest BCUT2D eigenvalue weighted by Crippen LogP contribution is -2.53. The summed E-state index contributed by atoms with van der Waals surface area (Å²) in [5.41, 5.74) is 2.77. The first-order valence-corrected chi connectivity index (χ1v) is 13.5. The summed E-state index contributed by atoms with van der Waals surface area (Å²) in [5.74, 6) is -0.750. The van der Waals surface area contributed by atoms with Crippen molar-refractivity contribution in [2.45, 2.75) is 59.7 Å². The Labute approximate surface area is 208 Å². The molecule has 7 nitrogen and oxygen atoms in total. The molecule has 0 saturated heterocycles. The minimum atomic E-state index is -3.81. The number of amides is 2. The molecule has 34 heavy (non-hydrogen) atoms. The van der Waals surface area contributed by atoms with Crippen LogP contribution in [-0.4, -0.2) is 50.0 Å². The van der Waals surface area contributed by atoms with E-state index in [-0.39, 0.29) is 18.5 Å². The van der Waals surface area contributed by atoms with Gasteiger partial charge in [-0.1, -0.05) is 54.4 Å². The van der Waals surface area contributed by atoms with Crippen molar-refractivity contribution in [2.24, 2.45) is 0 Å². The average molecular weight is 508 g/mol. The Hall–Kier alpha value is -2.58. The SMILES string of the molecule is CCC(C(=O)NC(C)C)N(Cc1cccc(C)c1)C(=O)CN(c1cccc(Cl)c1C)S(C)(=O)=O. The van der Waals surface area contributed by atoms with Crippen LogP contribution >= 0.6 is 11.6 Å². The normalized spacial score (nSPS) is 12.4. The van der Waals surface area contributed by atoms with Crippen LogP contribution in [0.5, 0.6) is 0 Å². The van der Waals surface area contributed by atoms with E-state index in [0.29, 0.717) is 22.7 Å². The molecule has 1 atom stereocenters. The van der Waals surface area contributed by atoms with Crippen LogP contribution < -0.4 is 9.62 Å². The van der Waals surface area contributed by atoms with Crippen molar-refractivity contribution in [3.8, 4) is 0 Å². The number of nitrogens with zero attached hydrogens (tertiary/aromatic N) is 2. The molecular weight excluding hydrogens is 474 g/mol. The number of halogens is 1. The van der Waals surface area contributed by atoms with Gasteiger partial charge >= 0.3 is 0 Å². The Morgan fingerprint density at radius 2 is 1.74 bits per heavy atom. The topological polar surface area (TPSA) is 86.8 Å². The van der Waals surface area contributed by atoms with E-state index in [0.717, 1.165) is 21.7 Å². The molecule has 0 aliphatic carbocycles. The smallest absolute Gasteiger partial charge is 0.244 e. The van der Waals surface area contributed by atoms with Gasteiger partial charge in [0, 0.05) is 17.6 Å². The number of hydrogen-bond donors (Lipinski definition) is 1. The van der Waals surface area contributed by atoms with Crippen LogP contribution in [0.1, 0.15) is 43.9 Å². The number of rotatable bonds is 10. The summed E-state index contributed by atoms with van der Waals surface area (Å²) in [7, 11) is -3.81.